The molecule has 3 aromatic rings. The van der Waals surface area contributed by atoms with Gasteiger partial charge in [0.1, 0.15) is 0 Å². The minimum atomic E-state index is -0.886. The molecule has 0 aliphatic rings. The topological polar surface area (TPSA) is 72.1 Å². The number of hydrogen-bond donors (Lipinski definition) is 1. The van der Waals surface area contributed by atoms with Crippen LogP contribution in [0.25, 0.3) is 21.8 Å². The summed E-state index contributed by atoms with van der Waals surface area (Å²) in [5.41, 5.74) is 1.82. The number of hydrogen-bond acceptors (Lipinski definition) is 4. The van der Waals surface area contributed by atoms with E-state index in [-0.39, 0.29) is 5.69 Å². The van der Waals surface area contributed by atoms with Crippen LogP contribution in [-0.2, 0) is 9.53 Å². The first kappa shape index (κ1) is 11.4. The summed E-state index contributed by atoms with van der Waals surface area (Å²) in [5, 5.41) is 1.86. The van der Waals surface area contributed by atoms with Crippen LogP contribution in [0.4, 0.5) is 0 Å². The Labute approximate surface area is 108 Å². The molecule has 0 amide bonds. The van der Waals surface area contributed by atoms with Gasteiger partial charge in [-0.3, -0.25) is 9.78 Å². The number of Topliss-reactive ketones (excluding diaryl/α,β-unsaturated/α-hetero) is 1. The average Bonchev–Trinajstić information content (AvgIpc) is 2.93. The smallest absolute Gasteiger partial charge is 0.380 e. The van der Waals surface area contributed by atoms with Gasteiger partial charge in [-0.25, -0.2) is 4.79 Å². The first-order valence-electron chi connectivity index (χ1n) is 5.70. The van der Waals surface area contributed by atoms with Crippen LogP contribution in [-0.4, -0.2) is 28.8 Å². The van der Waals surface area contributed by atoms with Crippen molar-refractivity contribution in [3.63, 3.8) is 0 Å². The normalized spacial score (nSPS) is 10.8. The van der Waals surface area contributed by atoms with Crippen molar-refractivity contribution < 1.29 is 14.3 Å². The van der Waals surface area contributed by atoms with Crippen LogP contribution in [0, 0.1) is 0 Å². The fraction of sp³-hybridized carbons (Fsp3) is 0.0714. The lowest BCUT2D eigenvalue weighted by Gasteiger charge is -2.04. The van der Waals surface area contributed by atoms with E-state index in [4.69, 9.17) is 0 Å². The van der Waals surface area contributed by atoms with Gasteiger partial charge in [0.2, 0.25) is 0 Å². The van der Waals surface area contributed by atoms with Crippen LogP contribution in [0.5, 0.6) is 0 Å². The predicted molar refractivity (Wildman–Crippen MR) is 69.9 cm³/mol. The maximum atomic E-state index is 11.8. The molecule has 0 aliphatic heterocycles. The fourth-order valence-electron chi connectivity index (χ4n) is 2.06. The third-order valence-electron chi connectivity index (χ3n) is 3.01. The van der Waals surface area contributed by atoms with E-state index in [1.165, 1.54) is 7.11 Å². The Hall–Kier alpha value is -2.69. The van der Waals surface area contributed by atoms with Crippen molar-refractivity contribution in [1.82, 2.24) is 9.97 Å². The molecule has 3 rings (SSSR count). The van der Waals surface area contributed by atoms with Gasteiger partial charge in [0.25, 0.3) is 5.78 Å². The fourth-order valence-corrected chi connectivity index (χ4v) is 2.06. The molecular formula is C14H10N2O3. The molecule has 1 N–H and O–H groups in total. The Morgan fingerprint density at radius 1 is 1.16 bits per heavy atom. The summed E-state index contributed by atoms with van der Waals surface area (Å²) >= 11 is 0. The van der Waals surface area contributed by atoms with Gasteiger partial charge in [-0.05, 0) is 23.6 Å². The number of methoxy groups -OCH3 is 1. The molecule has 2 aromatic heterocycles. The lowest BCUT2D eigenvalue weighted by Crippen LogP contribution is -2.16. The quantitative estimate of drug-likeness (QED) is 0.431. The van der Waals surface area contributed by atoms with E-state index in [9.17, 15) is 9.59 Å². The molecule has 0 saturated carbocycles. The number of nitrogens with one attached hydrogen (secondary N) is 1. The van der Waals surface area contributed by atoms with Crippen molar-refractivity contribution >= 4 is 33.6 Å². The van der Waals surface area contributed by atoms with E-state index in [1.807, 2.05) is 18.2 Å². The van der Waals surface area contributed by atoms with Crippen molar-refractivity contribution in [2.75, 3.05) is 7.11 Å². The number of carbonyl (C=O) groups is 2. The van der Waals surface area contributed by atoms with Crippen LogP contribution in [0.3, 0.4) is 0 Å². The van der Waals surface area contributed by atoms with Gasteiger partial charge < -0.3 is 9.72 Å². The lowest BCUT2D eigenvalue weighted by molar-refractivity contribution is -0.135. The summed E-state index contributed by atoms with van der Waals surface area (Å²) in [4.78, 5) is 30.2. The lowest BCUT2D eigenvalue weighted by atomic mass is 10.1. The van der Waals surface area contributed by atoms with Gasteiger partial charge in [-0.15, -0.1) is 0 Å². The Bertz CT molecular complexity index is 805. The maximum absolute atomic E-state index is 11.8. The highest BCUT2D eigenvalue weighted by Gasteiger charge is 2.17. The van der Waals surface area contributed by atoms with Gasteiger partial charge in [0.15, 0.2) is 0 Å². The first-order chi connectivity index (χ1) is 9.20. The Balaban J connectivity index is 2.24. The summed E-state index contributed by atoms with van der Waals surface area (Å²) < 4.78 is 4.43. The summed E-state index contributed by atoms with van der Waals surface area (Å²) in [6.45, 7) is 0. The van der Waals surface area contributed by atoms with Crippen molar-refractivity contribution in [2.24, 2.45) is 0 Å². The zero-order chi connectivity index (χ0) is 13.4. The Morgan fingerprint density at radius 3 is 2.74 bits per heavy atom. The third kappa shape index (κ3) is 1.76. The average molecular weight is 254 g/mol. The summed E-state index contributed by atoms with van der Waals surface area (Å²) in [6, 6.07) is 9.04. The molecule has 0 unspecified atom stereocenters. The number of rotatable bonds is 2. The number of ether oxygens (including phenoxy) is 1. The standard InChI is InChI=1S/C14H10N2O3/c1-19-14(18)13(17)11-5-3-8-2-4-10-9(6-7-15-10)12(8)16-11/h2-7,16H,1H3. The monoisotopic (exact) mass is 254 g/mol. The number of aromatic amines is 1. The molecule has 0 saturated heterocycles. The number of fused-ring (bicyclic) bond motifs is 3. The van der Waals surface area contributed by atoms with E-state index in [0.717, 1.165) is 21.8 Å². The third-order valence-corrected chi connectivity index (χ3v) is 3.01. The van der Waals surface area contributed by atoms with Gasteiger partial charge in [0.05, 0.1) is 23.8 Å². The van der Waals surface area contributed by atoms with Crippen molar-refractivity contribution in [3.05, 3.63) is 42.2 Å². The summed E-state index contributed by atoms with van der Waals surface area (Å²) in [7, 11) is 1.18. The first-order valence-corrected chi connectivity index (χ1v) is 5.70. The number of aromatic nitrogens is 2. The highest BCUT2D eigenvalue weighted by atomic mass is 16.5. The zero-order valence-electron chi connectivity index (χ0n) is 10.1. The van der Waals surface area contributed by atoms with Crippen molar-refractivity contribution in [1.29, 1.82) is 0 Å². The van der Waals surface area contributed by atoms with E-state index >= 15 is 0 Å². The molecule has 0 aliphatic carbocycles. The van der Waals surface area contributed by atoms with Crippen LogP contribution in [0.15, 0.2) is 36.5 Å². The second-order valence-corrected chi connectivity index (χ2v) is 4.10. The number of ketones is 1. The van der Waals surface area contributed by atoms with Gasteiger partial charge in [-0.2, -0.15) is 0 Å². The Morgan fingerprint density at radius 2 is 1.95 bits per heavy atom. The second kappa shape index (κ2) is 4.20. The highest BCUT2D eigenvalue weighted by Crippen LogP contribution is 2.23. The largest absolute Gasteiger partial charge is 0.463 e. The zero-order valence-corrected chi connectivity index (χ0v) is 10.1. The van der Waals surface area contributed by atoms with Crippen molar-refractivity contribution in [2.45, 2.75) is 0 Å². The van der Waals surface area contributed by atoms with Crippen LogP contribution in [0.1, 0.15) is 10.5 Å². The Kier molecular flexibility index (Phi) is 2.52. The van der Waals surface area contributed by atoms with Gasteiger partial charge >= 0.3 is 5.97 Å². The number of pyridine rings is 1. The van der Waals surface area contributed by atoms with Crippen molar-refractivity contribution in [3.8, 4) is 0 Å². The number of carbonyl (C=O) groups excluding carboxylic acids is 2. The maximum Gasteiger partial charge on any atom is 0.380 e. The summed E-state index contributed by atoms with van der Waals surface area (Å²) in [6.07, 6.45) is 1.70. The molecule has 0 spiro atoms. The van der Waals surface area contributed by atoms with E-state index in [1.54, 1.807) is 18.3 Å². The van der Waals surface area contributed by atoms with Crippen LogP contribution in [0.2, 0.25) is 0 Å². The van der Waals surface area contributed by atoms with E-state index in [0.29, 0.717) is 0 Å². The molecule has 19 heavy (non-hydrogen) atoms. The molecule has 94 valence electrons. The SMILES string of the molecule is COC(=O)C(=O)c1ccc2ccc3nccc3c2[nH]1. The minimum Gasteiger partial charge on any atom is -0.463 e. The predicted octanol–water partition coefficient (Wildman–Crippen LogP) is 2.07. The van der Waals surface area contributed by atoms with Gasteiger partial charge in [0, 0.05) is 11.6 Å². The van der Waals surface area contributed by atoms with Crippen LogP contribution < -0.4 is 0 Å². The highest BCUT2D eigenvalue weighted by molar-refractivity contribution is 6.40. The molecule has 1 aromatic carbocycles. The molecule has 0 bridgehead atoms. The minimum absolute atomic E-state index is 0.202. The molecule has 0 atom stereocenters. The number of H-pyrrole nitrogens is 1. The molecule has 5 heteroatoms. The summed E-state index contributed by atoms with van der Waals surface area (Å²) in [5.74, 6) is -1.58. The van der Waals surface area contributed by atoms with E-state index < -0.39 is 11.8 Å². The second-order valence-electron chi connectivity index (χ2n) is 4.10. The molecule has 2 heterocycles. The van der Waals surface area contributed by atoms with Gasteiger partial charge in [-0.1, -0.05) is 12.1 Å². The number of nitrogens with zero attached hydrogens (tertiary/aromatic N) is 1. The number of esters is 1. The molecule has 0 fully saturated rings. The molecule has 5 nitrogen and oxygen atoms in total. The molecular weight excluding hydrogens is 244 g/mol. The van der Waals surface area contributed by atoms with E-state index in [2.05, 4.69) is 14.7 Å². The molecule has 0 radical (unpaired) electrons. The van der Waals surface area contributed by atoms with Crippen LogP contribution >= 0.6 is 0 Å². The number of benzene rings is 1.